The molecule has 0 aliphatic carbocycles. The fraction of sp³-hybridized carbons (Fsp3) is 0.167. The van der Waals surface area contributed by atoms with E-state index in [1.807, 2.05) is 0 Å². The van der Waals surface area contributed by atoms with Crippen LogP contribution in [0, 0.1) is 0 Å². The standard InChI is InChI=1S/C18H17N3O5/c1-25-14-8-12-13(9-15(14)26-2)20(10-16(19)22)18(24)21(17(12)23)11-6-4-3-5-7-11/h3-9H,10H2,1-2H3,(H2,19,22). The Labute approximate surface area is 148 Å². The molecule has 2 aromatic carbocycles. The summed E-state index contributed by atoms with van der Waals surface area (Å²) in [6.07, 6.45) is 0. The zero-order valence-corrected chi connectivity index (χ0v) is 14.3. The van der Waals surface area contributed by atoms with E-state index in [9.17, 15) is 14.4 Å². The van der Waals surface area contributed by atoms with Crippen LogP contribution < -0.4 is 26.5 Å². The van der Waals surface area contributed by atoms with Crippen LogP contribution in [0.1, 0.15) is 0 Å². The molecule has 2 N–H and O–H groups in total. The summed E-state index contributed by atoms with van der Waals surface area (Å²) in [6, 6.07) is 11.4. The van der Waals surface area contributed by atoms with Crippen LogP contribution in [0.3, 0.4) is 0 Å². The first-order chi connectivity index (χ1) is 12.5. The lowest BCUT2D eigenvalue weighted by atomic mass is 10.2. The molecule has 1 heterocycles. The van der Waals surface area contributed by atoms with Crippen LogP contribution >= 0.6 is 0 Å². The van der Waals surface area contributed by atoms with Gasteiger partial charge in [-0.15, -0.1) is 0 Å². The van der Waals surface area contributed by atoms with Gasteiger partial charge < -0.3 is 15.2 Å². The zero-order chi connectivity index (χ0) is 18.8. The molecule has 0 aliphatic rings. The largest absolute Gasteiger partial charge is 0.493 e. The predicted octanol–water partition coefficient (Wildman–Crippen LogP) is 0.655. The van der Waals surface area contributed by atoms with Gasteiger partial charge in [-0.05, 0) is 18.2 Å². The summed E-state index contributed by atoms with van der Waals surface area (Å²) in [4.78, 5) is 37.4. The fourth-order valence-electron chi connectivity index (χ4n) is 2.81. The van der Waals surface area contributed by atoms with Gasteiger partial charge in [0.15, 0.2) is 11.5 Å². The molecule has 3 aromatic rings. The highest BCUT2D eigenvalue weighted by atomic mass is 16.5. The Morgan fingerprint density at radius 3 is 2.23 bits per heavy atom. The second kappa shape index (κ2) is 6.75. The number of nitrogens with two attached hydrogens (primary N) is 1. The molecular weight excluding hydrogens is 338 g/mol. The number of aromatic nitrogens is 2. The maximum absolute atomic E-state index is 13.0. The van der Waals surface area contributed by atoms with E-state index in [0.29, 0.717) is 17.2 Å². The van der Waals surface area contributed by atoms with Gasteiger partial charge in [-0.1, -0.05) is 18.2 Å². The van der Waals surface area contributed by atoms with Crippen molar-refractivity contribution < 1.29 is 14.3 Å². The summed E-state index contributed by atoms with van der Waals surface area (Å²) < 4.78 is 12.6. The van der Waals surface area contributed by atoms with Gasteiger partial charge in [-0.2, -0.15) is 0 Å². The topological polar surface area (TPSA) is 106 Å². The summed E-state index contributed by atoms with van der Waals surface area (Å²) >= 11 is 0. The number of nitrogens with zero attached hydrogens (tertiary/aromatic N) is 2. The second-order valence-corrected chi connectivity index (χ2v) is 5.54. The average Bonchev–Trinajstić information content (AvgIpc) is 2.65. The fourth-order valence-corrected chi connectivity index (χ4v) is 2.81. The molecule has 0 spiro atoms. The Hall–Kier alpha value is -3.55. The molecule has 0 atom stereocenters. The Kier molecular flexibility index (Phi) is 4.49. The van der Waals surface area contributed by atoms with Crippen LogP contribution in [0.5, 0.6) is 11.5 Å². The number of carbonyl (C=O) groups is 1. The molecule has 3 rings (SSSR count). The number of para-hydroxylation sites is 1. The molecule has 0 radical (unpaired) electrons. The Balaban J connectivity index is 2.49. The first-order valence-electron chi connectivity index (χ1n) is 7.73. The number of benzene rings is 2. The van der Waals surface area contributed by atoms with Crippen LogP contribution in [0.4, 0.5) is 0 Å². The Morgan fingerprint density at radius 1 is 1.04 bits per heavy atom. The van der Waals surface area contributed by atoms with Crippen molar-refractivity contribution in [1.82, 2.24) is 9.13 Å². The second-order valence-electron chi connectivity index (χ2n) is 5.54. The van der Waals surface area contributed by atoms with Crippen molar-refractivity contribution in [3.63, 3.8) is 0 Å². The van der Waals surface area contributed by atoms with Crippen LogP contribution in [0.15, 0.2) is 52.1 Å². The minimum atomic E-state index is -0.707. The molecule has 134 valence electrons. The number of methoxy groups -OCH3 is 2. The number of fused-ring (bicyclic) bond motifs is 1. The van der Waals surface area contributed by atoms with Gasteiger partial charge in [-0.25, -0.2) is 9.36 Å². The monoisotopic (exact) mass is 355 g/mol. The van der Waals surface area contributed by atoms with Crippen molar-refractivity contribution in [1.29, 1.82) is 0 Å². The molecule has 8 nitrogen and oxygen atoms in total. The molecule has 0 aliphatic heterocycles. The van der Waals surface area contributed by atoms with Crippen molar-refractivity contribution in [3.05, 3.63) is 63.3 Å². The van der Waals surface area contributed by atoms with Crippen LogP contribution in [0.2, 0.25) is 0 Å². The maximum Gasteiger partial charge on any atom is 0.336 e. The number of hydrogen-bond donors (Lipinski definition) is 1. The van der Waals surface area contributed by atoms with Crippen molar-refractivity contribution in [2.75, 3.05) is 14.2 Å². The van der Waals surface area contributed by atoms with Crippen molar-refractivity contribution in [3.8, 4) is 17.2 Å². The molecule has 0 unspecified atom stereocenters. The van der Waals surface area contributed by atoms with Crippen LogP contribution in [0.25, 0.3) is 16.6 Å². The number of carbonyl (C=O) groups excluding carboxylic acids is 1. The third kappa shape index (κ3) is 2.81. The Bertz CT molecular complexity index is 1100. The third-order valence-corrected chi connectivity index (χ3v) is 3.98. The van der Waals surface area contributed by atoms with Gasteiger partial charge in [0.1, 0.15) is 6.54 Å². The molecule has 0 fully saturated rings. The lowest BCUT2D eigenvalue weighted by Crippen LogP contribution is -2.41. The molecule has 0 saturated heterocycles. The minimum Gasteiger partial charge on any atom is -0.493 e. The van der Waals surface area contributed by atoms with E-state index in [1.54, 1.807) is 30.3 Å². The number of rotatable bonds is 5. The van der Waals surface area contributed by atoms with E-state index >= 15 is 0 Å². The van der Waals surface area contributed by atoms with E-state index in [-0.39, 0.29) is 17.4 Å². The molecule has 1 aromatic heterocycles. The van der Waals surface area contributed by atoms with E-state index in [2.05, 4.69) is 0 Å². The highest BCUT2D eigenvalue weighted by Crippen LogP contribution is 2.30. The lowest BCUT2D eigenvalue weighted by Gasteiger charge is -2.15. The SMILES string of the molecule is COc1cc2c(=O)n(-c3ccccc3)c(=O)n(CC(N)=O)c2cc1OC. The number of primary amides is 1. The van der Waals surface area contributed by atoms with Gasteiger partial charge in [0.25, 0.3) is 5.56 Å². The highest BCUT2D eigenvalue weighted by molar-refractivity contribution is 5.84. The Morgan fingerprint density at radius 2 is 1.65 bits per heavy atom. The first kappa shape index (κ1) is 17.3. The third-order valence-electron chi connectivity index (χ3n) is 3.98. The molecule has 1 amide bonds. The van der Waals surface area contributed by atoms with E-state index in [1.165, 1.54) is 26.4 Å². The highest BCUT2D eigenvalue weighted by Gasteiger charge is 2.18. The van der Waals surface area contributed by atoms with Crippen molar-refractivity contribution >= 4 is 16.8 Å². The maximum atomic E-state index is 13.0. The normalized spacial score (nSPS) is 10.7. The van der Waals surface area contributed by atoms with Crippen molar-refractivity contribution in [2.45, 2.75) is 6.54 Å². The van der Waals surface area contributed by atoms with E-state index < -0.39 is 17.2 Å². The first-order valence-corrected chi connectivity index (χ1v) is 7.73. The predicted molar refractivity (Wildman–Crippen MR) is 96.1 cm³/mol. The summed E-state index contributed by atoms with van der Waals surface area (Å²) in [6.45, 7) is -0.377. The molecular formula is C18H17N3O5. The van der Waals surface area contributed by atoms with Gasteiger partial charge in [0, 0.05) is 6.07 Å². The number of amides is 1. The van der Waals surface area contributed by atoms with Crippen LogP contribution in [-0.2, 0) is 11.3 Å². The summed E-state index contributed by atoms with van der Waals surface area (Å²) in [7, 11) is 2.88. The minimum absolute atomic E-state index is 0.201. The van der Waals surface area contributed by atoms with Gasteiger partial charge >= 0.3 is 5.69 Å². The molecule has 0 bridgehead atoms. The lowest BCUT2D eigenvalue weighted by molar-refractivity contribution is -0.118. The van der Waals surface area contributed by atoms with Gasteiger partial charge in [-0.3, -0.25) is 14.2 Å². The molecule has 0 saturated carbocycles. The summed E-state index contributed by atoms with van der Waals surface area (Å²) in [5.41, 5.74) is 4.73. The summed E-state index contributed by atoms with van der Waals surface area (Å²) in [5, 5.41) is 0.201. The van der Waals surface area contributed by atoms with E-state index in [4.69, 9.17) is 15.2 Å². The summed E-state index contributed by atoms with van der Waals surface area (Å²) in [5.74, 6) is -0.0445. The van der Waals surface area contributed by atoms with Gasteiger partial charge in [0.2, 0.25) is 5.91 Å². The number of ether oxygens (including phenoxy) is 2. The van der Waals surface area contributed by atoms with Gasteiger partial charge in [0.05, 0.1) is 30.8 Å². The zero-order valence-electron chi connectivity index (χ0n) is 14.3. The quantitative estimate of drug-likeness (QED) is 0.724. The molecule has 8 heteroatoms. The van der Waals surface area contributed by atoms with Crippen LogP contribution in [-0.4, -0.2) is 29.3 Å². The average molecular weight is 355 g/mol. The van der Waals surface area contributed by atoms with E-state index in [0.717, 1.165) is 9.13 Å². The smallest absolute Gasteiger partial charge is 0.336 e. The molecule has 26 heavy (non-hydrogen) atoms. The van der Waals surface area contributed by atoms with Crippen molar-refractivity contribution in [2.24, 2.45) is 5.73 Å². The number of hydrogen-bond acceptors (Lipinski definition) is 5.